The fourth-order valence-corrected chi connectivity index (χ4v) is 3.87. The van der Waals surface area contributed by atoms with Crippen LogP contribution in [0.2, 0.25) is 0 Å². The first-order valence-electron chi connectivity index (χ1n) is 10.5. The smallest absolute Gasteiger partial charge is 0.255 e. The molecule has 0 radical (unpaired) electrons. The fourth-order valence-electron chi connectivity index (χ4n) is 3.87. The van der Waals surface area contributed by atoms with Gasteiger partial charge in [0.05, 0.1) is 0 Å². The van der Waals surface area contributed by atoms with Crippen LogP contribution in [0.15, 0.2) is 65.5 Å². The van der Waals surface area contributed by atoms with Gasteiger partial charge in [-0.25, -0.2) is 4.98 Å². The van der Waals surface area contributed by atoms with Gasteiger partial charge in [0.15, 0.2) is 0 Å². The highest BCUT2D eigenvalue weighted by atomic mass is 16.2. The highest BCUT2D eigenvalue weighted by molar-refractivity contribution is 5.90. The van der Waals surface area contributed by atoms with Gasteiger partial charge in [0.2, 0.25) is 11.9 Å². The number of nitrogens with one attached hydrogen (secondary N) is 1. The molecule has 2 aromatic carbocycles. The number of para-hydroxylation sites is 1. The van der Waals surface area contributed by atoms with Gasteiger partial charge in [0.1, 0.15) is 6.54 Å². The van der Waals surface area contributed by atoms with E-state index in [0.717, 1.165) is 37.4 Å². The van der Waals surface area contributed by atoms with Crippen molar-refractivity contribution in [2.45, 2.75) is 20.4 Å². The summed E-state index contributed by atoms with van der Waals surface area (Å²) in [7, 11) is 0. The van der Waals surface area contributed by atoms with Crippen LogP contribution >= 0.6 is 0 Å². The number of amides is 1. The van der Waals surface area contributed by atoms with Crippen LogP contribution in [0.3, 0.4) is 0 Å². The third-order valence-electron chi connectivity index (χ3n) is 5.40. The van der Waals surface area contributed by atoms with Crippen LogP contribution in [0.4, 0.5) is 17.3 Å². The van der Waals surface area contributed by atoms with Gasteiger partial charge < -0.3 is 15.1 Å². The maximum absolute atomic E-state index is 12.7. The van der Waals surface area contributed by atoms with E-state index in [1.807, 2.05) is 56.3 Å². The second-order valence-corrected chi connectivity index (χ2v) is 7.85. The standard InChI is InChI=1S/C24H27N5O2/c1-18-7-6-8-20(15-18)26-22(30)17-29-23(31)16-19(2)25-24(29)28-13-11-27(12-14-28)21-9-4-3-5-10-21/h3-10,15-16H,11-14,17H2,1-2H3,(H,26,30). The minimum Gasteiger partial charge on any atom is -0.368 e. The van der Waals surface area contributed by atoms with Gasteiger partial charge in [0.25, 0.3) is 5.56 Å². The Labute approximate surface area is 182 Å². The molecule has 7 heteroatoms. The Kier molecular flexibility index (Phi) is 6.02. The first kappa shape index (κ1) is 20.7. The van der Waals surface area contributed by atoms with E-state index in [1.54, 1.807) is 0 Å². The molecule has 1 amide bonds. The summed E-state index contributed by atoms with van der Waals surface area (Å²) >= 11 is 0. The Morgan fingerprint density at radius 3 is 2.35 bits per heavy atom. The number of carbonyl (C=O) groups excluding carboxylic acids is 1. The molecule has 2 heterocycles. The van der Waals surface area contributed by atoms with Crippen LogP contribution in [0, 0.1) is 13.8 Å². The van der Waals surface area contributed by atoms with Crippen LogP contribution in [0.1, 0.15) is 11.3 Å². The lowest BCUT2D eigenvalue weighted by molar-refractivity contribution is -0.116. The minimum absolute atomic E-state index is 0.0751. The number of piperazine rings is 1. The lowest BCUT2D eigenvalue weighted by Gasteiger charge is -2.37. The number of aromatic nitrogens is 2. The SMILES string of the molecule is Cc1cccc(NC(=O)Cn2c(N3CCN(c4ccccc4)CC3)nc(C)cc2=O)c1. The highest BCUT2D eigenvalue weighted by Gasteiger charge is 2.22. The second kappa shape index (κ2) is 9.04. The van der Waals surface area contributed by atoms with E-state index in [1.165, 1.54) is 16.3 Å². The summed E-state index contributed by atoms with van der Waals surface area (Å²) in [6, 6.07) is 19.4. The quantitative estimate of drug-likeness (QED) is 0.691. The average molecular weight is 418 g/mol. The summed E-state index contributed by atoms with van der Waals surface area (Å²) in [4.78, 5) is 34.4. The van der Waals surface area contributed by atoms with Crippen molar-refractivity contribution in [3.8, 4) is 0 Å². The molecule has 1 fully saturated rings. The third kappa shape index (κ3) is 4.94. The summed E-state index contributed by atoms with van der Waals surface area (Å²) in [5, 5.41) is 2.88. The molecule has 1 aliphatic rings. The van der Waals surface area contributed by atoms with Crippen molar-refractivity contribution in [3.63, 3.8) is 0 Å². The first-order valence-corrected chi connectivity index (χ1v) is 10.5. The molecule has 0 atom stereocenters. The lowest BCUT2D eigenvalue weighted by Crippen LogP contribution is -2.48. The zero-order valence-electron chi connectivity index (χ0n) is 17.9. The van der Waals surface area contributed by atoms with Crippen molar-refractivity contribution in [2.75, 3.05) is 41.3 Å². The number of aryl methyl sites for hydroxylation is 2. The molecule has 1 aliphatic heterocycles. The van der Waals surface area contributed by atoms with Gasteiger partial charge in [-0.3, -0.25) is 14.2 Å². The monoisotopic (exact) mass is 417 g/mol. The van der Waals surface area contributed by atoms with Crippen molar-refractivity contribution in [2.24, 2.45) is 0 Å². The van der Waals surface area contributed by atoms with Crippen molar-refractivity contribution >= 4 is 23.2 Å². The van der Waals surface area contributed by atoms with Crippen LogP contribution < -0.4 is 20.7 Å². The van der Waals surface area contributed by atoms with E-state index in [4.69, 9.17) is 0 Å². The number of anilines is 3. The molecule has 1 N–H and O–H groups in total. The molecule has 31 heavy (non-hydrogen) atoms. The Balaban J connectivity index is 1.51. The fraction of sp³-hybridized carbons (Fsp3) is 0.292. The molecule has 1 aromatic heterocycles. The molecule has 0 saturated carbocycles. The largest absolute Gasteiger partial charge is 0.368 e. The van der Waals surface area contributed by atoms with E-state index >= 15 is 0 Å². The van der Waals surface area contributed by atoms with E-state index in [2.05, 4.69) is 32.2 Å². The summed E-state index contributed by atoms with van der Waals surface area (Å²) in [5.41, 5.74) is 3.41. The van der Waals surface area contributed by atoms with E-state index in [-0.39, 0.29) is 18.0 Å². The molecule has 0 bridgehead atoms. The summed E-state index contributed by atoms with van der Waals surface area (Å²) in [6.45, 7) is 6.80. The third-order valence-corrected chi connectivity index (χ3v) is 5.40. The molecule has 0 spiro atoms. The van der Waals surface area contributed by atoms with Crippen LogP contribution in [0.25, 0.3) is 0 Å². The van der Waals surface area contributed by atoms with Crippen LogP contribution in [0.5, 0.6) is 0 Å². The van der Waals surface area contributed by atoms with Gasteiger partial charge >= 0.3 is 0 Å². The van der Waals surface area contributed by atoms with E-state index in [0.29, 0.717) is 11.6 Å². The average Bonchev–Trinajstić information content (AvgIpc) is 2.76. The number of benzene rings is 2. The molecular weight excluding hydrogens is 390 g/mol. The number of carbonyl (C=O) groups is 1. The zero-order valence-corrected chi connectivity index (χ0v) is 17.9. The molecule has 3 aromatic rings. The maximum Gasteiger partial charge on any atom is 0.255 e. The number of hydrogen-bond donors (Lipinski definition) is 1. The van der Waals surface area contributed by atoms with Crippen molar-refractivity contribution in [3.05, 3.63) is 82.3 Å². The molecule has 4 rings (SSSR count). The van der Waals surface area contributed by atoms with Crippen LogP contribution in [-0.4, -0.2) is 41.6 Å². The topological polar surface area (TPSA) is 70.5 Å². The second-order valence-electron chi connectivity index (χ2n) is 7.85. The molecule has 0 unspecified atom stereocenters. The van der Waals surface area contributed by atoms with Gasteiger partial charge in [-0.2, -0.15) is 0 Å². The first-order chi connectivity index (χ1) is 15.0. The molecular formula is C24H27N5O2. The predicted octanol–water partition coefficient (Wildman–Crippen LogP) is 2.83. The molecule has 1 saturated heterocycles. The van der Waals surface area contributed by atoms with Gasteiger partial charge in [0, 0.05) is 49.3 Å². The van der Waals surface area contributed by atoms with Crippen molar-refractivity contribution in [1.82, 2.24) is 9.55 Å². The Hall–Kier alpha value is -3.61. The predicted molar refractivity (Wildman–Crippen MR) is 124 cm³/mol. The minimum atomic E-state index is -0.248. The summed E-state index contributed by atoms with van der Waals surface area (Å²) in [6.07, 6.45) is 0. The van der Waals surface area contributed by atoms with Crippen LogP contribution in [-0.2, 0) is 11.3 Å². The Morgan fingerprint density at radius 1 is 0.935 bits per heavy atom. The Morgan fingerprint density at radius 2 is 1.65 bits per heavy atom. The molecule has 160 valence electrons. The van der Waals surface area contributed by atoms with Crippen molar-refractivity contribution in [1.29, 1.82) is 0 Å². The van der Waals surface area contributed by atoms with Crippen molar-refractivity contribution < 1.29 is 4.79 Å². The molecule has 7 nitrogen and oxygen atoms in total. The van der Waals surface area contributed by atoms with Gasteiger partial charge in [-0.05, 0) is 43.7 Å². The van der Waals surface area contributed by atoms with Gasteiger partial charge in [-0.15, -0.1) is 0 Å². The van der Waals surface area contributed by atoms with E-state index in [9.17, 15) is 9.59 Å². The lowest BCUT2D eigenvalue weighted by atomic mass is 10.2. The maximum atomic E-state index is 12.7. The normalized spacial score (nSPS) is 13.9. The zero-order chi connectivity index (χ0) is 21.8. The molecule has 0 aliphatic carbocycles. The number of nitrogens with zero attached hydrogens (tertiary/aromatic N) is 4. The summed E-state index contributed by atoms with van der Waals surface area (Å²) < 4.78 is 1.47. The number of hydrogen-bond acceptors (Lipinski definition) is 5. The summed E-state index contributed by atoms with van der Waals surface area (Å²) in [5.74, 6) is 0.305. The van der Waals surface area contributed by atoms with Gasteiger partial charge in [-0.1, -0.05) is 30.3 Å². The number of rotatable bonds is 5. The Bertz CT molecular complexity index is 1120. The van der Waals surface area contributed by atoms with E-state index < -0.39 is 0 Å². The highest BCUT2D eigenvalue weighted by Crippen LogP contribution is 2.19.